The highest BCUT2D eigenvalue weighted by Crippen LogP contribution is 2.18. The Hall–Kier alpha value is -0.580. The van der Waals surface area contributed by atoms with Crippen molar-refractivity contribution in [2.45, 2.75) is 3.92 Å². The lowest BCUT2D eigenvalue weighted by molar-refractivity contribution is 0.0673. The molecule has 13 heavy (non-hydrogen) atoms. The smallest absolute Gasteiger partial charge is 0.253 e. The zero-order valence-electron chi connectivity index (χ0n) is 7.11. The fourth-order valence-electron chi connectivity index (χ4n) is 1.35. The molecule has 68 valence electrons. The van der Waals surface area contributed by atoms with Crippen LogP contribution in [0.2, 0.25) is 0 Å². The van der Waals surface area contributed by atoms with Crippen molar-refractivity contribution in [3.63, 3.8) is 0 Å². The quantitative estimate of drug-likeness (QED) is 0.571. The van der Waals surface area contributed by atoms with Gasteiger partial charge in [0.1, 0.15) is 0 Å². The van der Waals surface area contributed by atoms with Crippen molar-refractivity contribution in [1.82, 2.24) is 4.90 Å². The van der Waals surface area contributed by atoms with Crippen molar-refractivity contribution in [2.75, 3.05) is 13.1 Å². The van der Waals surface area contributed by atoms with Crippen molar-refractivity contribution in [3.8, 4) is 0 Å². The van der Waals surface area contributed by atoms with Gasteiger partial charge in [-0.2, -0.15) is 0 Å². The fourth-order valence-corrected chi connectivity index (χ4v) is 2.30. The summed E-state index contributed by atoms with van der Waals surface area (Å²) >= 11 is 2.37. The van der Waals surface area contributed by atoms with Gasteiger partial charge in [-0.25, -0.2) is 0 Å². The second-order valence-electron chi connectivity index (χ2n) is 3.17. The van der Waals surface area contributed by atoms with E-state index in [1.165, 1.54) is 0 Å². The van der Waals surface area contributed by atoms with E-state index in [0.717, 1.165) is 18.7 Å². The largest absolute Gasteiger partial charge is 0.336 e. The number of hydrogen-bond acceptors (Lipinski definition) is 1. The minimum absolute atomic E-state index is 0.161. The van der Waals surface area contributed by atoms with Gasteiger partial charge in [-0.05, 0) is 12.1 Å². The Morgan fingerprint density at radius 3 is 2.46 bits per heavy atom. The Balaban J connectivity index is 2.06. The molecule has 0 spiro atoms. The van der Waals surface area contributed by atoms with Crippen LogP contribution < -0.4 is 0 Å². The van der Waals surface area contributed by atoms with E-state index in [0.29, 0.717) is 3.92 Å². The molecule has 0 bridgehead atoms. The van der Waals surface area contributed by atoms with Crippen molar-refractivity contribution >= 4 is 28.5 Å². The SMILES string of the molecule is O=C(c1ccccc1)N1CC(I)C1. The summed E-state index contributed by atoms with van der Waals surface area (Å²) in [5.74, 6) is 0.161. The van der Waals surface area contributed by atoms with Crippen LogP contribution in [0.15, 0.2) is 30.3 Å². The standard InChI is InChI=1S/C10H10INO/c11-9-6-12(7-9)10(13)8-4-2-1-3-5-8/h1-5,9H,6-7H2. The number of halogens is 1. The van der Waals surface area contributed by atoms with Gasteiger partial charge in [0.05, 0.1) is 0 Å². The monoisotopic (exact) mass is 287 g/mol. The Kier molecular flexibility index (Phi) is 2.53. The molecular weight excluding hydrogens is 277 g/mol. The minimum Gasteiger partial charge on any atom is -0.336 e. The first-order valence-corrected chi connectivity index (χ1v) is 5.50. The summed E-state index contributed by atoms with van der Waals surface area (Å²) in [5.41, 5.74) is 0.797. The maximum Gasteiger partial charge on any atom is 0.253 e. The normalized spacial score (nSPS) is 16.8. The Labute approximate surface area is 91.1 Å². The molecule has 3 heteroatoms. The van der Waals surface area contributed by atoms with Crippen LogP contribution in [0.4, 0.5) is 0 Å². The van der Waals surface area contributed by atoms with E-state index in [9.17, 15) is 4.79 Å². The first-order valence-electron chi connectivity index (χ1n) is 4.26. The number of carbonyl (C=O) groups is 1. The number of rotatable bonds is 1. The summed E-state index contributed by atoms with van der Waals surface area (Å²) in [6.07, 6.45) is 0. The van der Waals surface area contributed by atoms with E-state index in [1.807, 2.05) is 35.2 Å². The van der Waals surface area contributed by atoms with Crippen molar-refractivity contribution in [3.05, 3.63) is 35.9 Å². The molecule has 0 aromatic heterocycles. The van der Waals surface area contributed by atoms with E-state index in [4.69, 9.17) is 0 Å². The molecule has 0 radical (unpaired) electrons. The Bertz CT molecular complexity index is 306. The summed E-state index contributed by atoms with van der Waals surface area (Å²) in [6.45, 7) is 1.79. The predicted octanol–water partition coefficient (Wildman–Crippen LogP) is 1.95. The van der Waals surface area contributed by atoms with Crippen molar-refractivity contribution in [1.29, 1.82) is 0 Å². The zero-order chi connectivity index (χ0) is 9.26. The lowest BCUT2D eigenvalue weighted by Crippen LogP contribution is -2.50. The second kappa shape index (κ2) is 3.65. The van der Waals surface area contributed by atoms with Gasteiger partial charge in [-0.3, -0.25) is 4.79 Å². The molecule has 1 aliphatic rings. The molecule has 0 saturated carbocycles. The van der Waals surface area contributed by atoms with Crippen LogP contribution in [0.5, 0.6) is 0 Å². The third-order valence-electron chi connectivity index (χ3n) is 2.14. The van der Waals surface area contributed by atoms with Crippen LogP contribution in [0.3, 0.4) is 0 Å². The number of alkyl halides is 1. The summed E-state index contributed by atoms with van der Waals surface area (Å²) in [4.78, 5) is 13.6. The predicted molar refractivity (Wildman–Crippen MR) is 60.2 cm³/mol. The molecule has 0 unspecified atom stereocenters. The highest BCUT2D eigenvalue weighted by atomic mass is 127. The van der Waals surface area contributed by atoms with Crippen LogP contribution in [-0.2, 0) is 0 Å². The summed E-state index contributed by atoms with van der Waals surface area (Å²) in [7, 11) is 0. The van der Waals surface area contributed by atoms with Crippen LogP contribution >= 0.6 is 22.6 Å². The van der Waals surface area contributed by atoms with Gasteiger partial charge in [0, 0.05) is 22.6 Å². The molecule has 1 aliphatic heterocycles. The van der Waals surface area contributed by atoms with Gasteiger partial charge in [0.15, 0.2) is 0 Å². The first kappa shape index (κ1) is 8.99. The lowest BCUT2D eigenvalue weighted by atomic mass is 10.1. The summed E-state index contributed by atoms with van der Waals surface area (Å²) in [6, 6.07) is 9.45. The summed E-state index contributed by atoms with van der Waals surface area (Å²) in [5, 5.41) is 0. The Morgan fingerprint density at radius 2 is 1.92 bits per heavy atom. The van der Waals surface area contributed by atoms with Gasteiger partial charge >= 0.3 is 0 Å². The van der Waals surface area contributed by atoms with E-state index < -0.39 is 0 Å². The minimum atomic E-state index is 0.161. The molecule has 1 fully saturated rings. The second-order valence-corrected chi connectivity index (χ2v) is 4.94. The van der Waals surface area contributed by atoms with E-state index >= 15 is 0 Å². The number of nitrogens with zero attached hydrogens (tertiary/aromatic N) is 1. The molecule has 0 aliphatic carbocycles. The molecule has 1 aromatic carbocycles. The molecule has 1 aromatic rings. The van der Waals surface area contributed by atoms with Crippen molar-refractivity contribution < 1.29 is 4.79 Å². The van der Waals surface area contributed by atoms with Gasteiger partial charge in [-0.15, -0.1) is 0 Å². The van der Waals surface area contributed by atoms with Gasteiger partial charge < -0.3 is 4.90 Å². The van der Waals surface area contributed by atoms with Crippen LogP contribution in [0.1, 0.15) is 10.4 Å². The average Bonchev–Trinajstić information content (AvgIpc) is 2.13. The Morgan fingerprint density at radius 1 is 1.31 bits per heavy atom. The van der Waals surface area contributed by atoms with Crippen LogP contribution in [0, 0.1) is 0 Å². The molecule has 1 heterocycles. The zero-order valence-corrected chi connectivity index (χ0v) is 9.27. The molecule has 2 rings (SSSR count). The number of amides is 1. The maximum atomic E-state index is 11.7. The molecule has 1 saturated heterocycles. The van der Waals surface area contributed by atoms with Gasteiger partial charge in [0.2, 0.25) is 0 Å². The first-order chi connectivity index (χ1) is 6.27. The average molecular weight is 287 g/mol. The van der Waals surface area contributed by atoms with E-state index in [2.05, 4.69) is 22.6 Å². The summed E-state index contributed by atoms with van der Waals surface area (Å²) < 4.78 is 0.644. The highest BCUT2D eigenvalue weighted by Gasteiger charge is 2.28. The number of benzene rings is 1. The third-order valence-corrected chi connectivity index (χ3v) is 2.93. The molecular formula is C10H10INO. The van der Waals surface area contributed by atoms with Gasteiger partial charge in [-0.1, -0.05) is 40.8 Å². The van der Waals surface area contributed by atoms with E-state index in [-0.39, 0.29) is 5.91 Å². The maximum absolute atomic E-state index is 11.7. The molecule has 1 amide bonds. The van der Waals surface area contributed by atoms with E-state index in [1.54, 1.807) is 0 Å². The van der Waals surface area contributed by atoms with Crippen LogP contribution in [0.25, 0.3) is 0 Å². The lowest BCUT2D eigenvalue weighted by Gasteiger charge is -2.35. The van der Waals surface area contributed by atoms with Crippen LogP contribution in [-0.4, -0.2) is 27.8 Å². The van der Waals surface area contributed by atoms with Crippen molar-refractivity contribution in [2.24, 2.45) is 0 Å². The topological polar surface area (TPSA) is 20.3 Å². The molecule has 0 N–H and O–H groups in total. The third kappa shape index (κ3) is 1.85. The van der Waals surface area contributed by atoms with Gasteiger partial charge in [0.25, 0.3) is 5.91 Å². The highest BCUT2D eigenvalue weighted by molar-refractivity contribution is 14.1. The molecule has 0 atom stereocenters. The number of carbonyl (C=O) groups excluding carboxylic acids is 1. The molecule has 2 nitrogen and oxygen atoms in total. The number of likely N-dealkylation sites (tertiary alicyclic amines) is 1. The number of hydrogen-bond donors (Lipinski definition) is 0. The fraction of sp³-hybridized carbons (Fsp3) is 0.300.